The Kier molecular flexibility index (Phi) is 95.2. The Labute approximate surface area is 208 Å². The first-order chi connectivity index (χ1) is 12.1. The van der Waals surface area contributed by atoms with Crippen LogP contribution in [0.1, 0.15) is 48.5 Å². The van der Waals surface area contributed by atoms with Gasteiger partial charge in [0.2, 0.25) is 0 Å². The molecule has 30 heavy (non-hydrogen) atoms. The molecule has 0 spiro atoms. The van der Waals surface area contributed by atoms with Gasteiger partial charge in [-0.25, -0.2) is 0 Å². The minimum atomic E-state index is -1.08. The van der Waals surface area contributed by atoms with Crippen LogP contribution in [0.25, 0.3) is 0 Å². The van der Waals surface area contributed by atoms with Gasteiger partial charge >= 0.3 is 49.8 Å². The molecule has 14 nitrogen and oxygen atoms in total. The third-order valence-corrected chi connectivity index (χ3v) is 0. The second-order valence-electron chi connectivity index (χ2n) is 3.44. The first-order valence-corrected chi connectivity index (χ1v) is 6.36. The van der Waals surface area contributed by atoms with E-state index in [4.69, 9.17) is 69.3 Å². The van der Waals surface area contributed by atoms with E-state index in [9.17, 15) is 0 Å². The van der Waals surface area contributed by atoms with Gasteiger partial charge in [0.15, 0.2) is 0 Å². The summed E-state index contributed by atoms with van der Waals surface area (Å²) in [6.07, 6.45) is 0. The largest absolute Gasteiger partial charge is 4.00 e. The summed E-state index contributed by atoms with van der Waals surface area (Å²) < 4.78 is 0. The molecule has 0 saturated heterocycles. The molecule has 0 rings (SSSR count). The van der Waals surface area contributed by atoms with Gasteiger partial charge in [-0.05, 0) is 48.5 Å². The summed E-state index contributed by atoms with van der Waals surface area (Å²) in [4.78, 5) is 62.2. The van der Waals surface area contributed by atoms with Gasteiger partial charge in [0.05, 0.1) is 0 Å². The smallest absolute Gasteiger partial charge is 0.550 e. The number of carbonyl (C=O) groups excluding carboxylic acids is 7. The maximum Gasteiger partial charge on any atom is 4.00 e. The van der Waals surface area contributed by atoms with Crippen molar-refractivity contribution in [1.82, 2.24) is 0 Å². The molecule has 0 aliphatic rings. The summed E-state index contributed by atoms with van der Waals surface area (Å²) in [5.41, 5.74) is 0. The number of rotatable bonds is 0. The van der Waals surface area contributed by atoms with Crippen LogP contribution in [0.15, 0.2) is 0 Å². The molecular weight excluding hydrogens is 626 g/mol. The molecule has 0 atom stereocenters. The zero-order valence-electron chi connectivity index (χ0n) is 17.3. The van der Waals surface area contributed by atoms with Crippen LogP contribution in [-0.2, 0) is 33.6 Å². The molecule has 168 valence electrons. The Morgan fingerprint density at radius 2 is 0.333 bits per heavy atom. The van der Waals surface area contributed by atoms with Crippen LogP contribution in [0.5, 0.6) is 0 Å². The van der Waals surface area contributed by atoms with Crippen molar-refractivity contribution in [3.05, 3.63) is 0 Å². The summed E-state index contributed by atoms with van der Waals surface area (Å²) in [7, 11) is 0. The molecule has 16 heteroatoms. The third-order valence-electron chi connectivity index (χ3n) is 0. The first kappa shape index (κ1) is 56.5. The van der Waals surface area contributed by atoms with Crippen molar-refractivity contribution >= 4 is 91.5 Å². The molecule has 0 aromatic carbocycles. The predicted molar refractivity (Wildman–Crippen MR) is 86.3 cm³/mol. The zero-order valence-corrected chi connectivity index (χ0v) is 23.4. The molecule has 0 aliphatic heterocycles. The molecule has 0 aromatic rings. The summed E-state index contributed by atoms with van der Waals surface area (Å²) in [6.45, 7) is 6.81. The van der Waals surface area contributed by atoms with Crippen LogP contribution >= 0.6 is 0 Å². The van der Waals surface area contributed by atoms with E-state index in [-0.39, 0.29) is 49.8 Å². The second kappa shape index (κ2) is 50.5. The van der Waals surface area contributed by atoms with E-state index < -0.39 is 41.8 Å². The number of hydrogen-bond acceptors (Lipinski definition) is 14. The summed E-state index contributed by atoms with van der Waals surface area (Å²) in [6, 6.07) is 0. The van der Waals surface area contributed by atoms with Gasteiger partial charge in [-0.3, -0.25) is 0 Å². The van der Waals surface area contributed by atoms with Crippen molar-refractivity contribution in [3.63, 3.8) is 0 Å². The molecule has 0 aromatic heterocycles. The molecule has 0 aliphatic carbocycles. The summed E-state index contributed by atoms with van der Waals surface area (Å²) in [5, 5.41) is 62.2. The Morgan fingerprint density at radius 1 is 0.333 bits per heavy atom. The minimum absolute atomic E-state index is 0. The quantitative estimate of drug-likeness (QED) is 0.221. The fraction of sp³-hybridized carbons (Fsp3) is 0.500. The van der Waals surface area contributed by atoms with E-state index in [1.54, 1.807) is 0 Å². The molecule has 0 amide bonds. The van der Waals surface area contributed by atoms with Crippen molar-refractivity contribution in [2.24, 2.45) is 0 Å². The van der Waals surface area contributed by atoms with E-state index in [0.29, 0.717) is 0 Å². The number of hydrogen-bond donors (Lipinski definition) is 0. The molecule has 0 bridgehead atoms. The minimum Gasteiger partial charge on any atom is -0.550 e. The summed E-state index contributed by atoms with van der Waals surface area (Å²) in [5.74, 6) is -7.58. The average molecular weight is 647 g/mol. The first-order valence-electron chi connectivity index (χ1n) is 6.36. The van der Waals surface area contributed by atoms with Gasteiger partial charge in [-0.1, -0.05) is 0 Å². The van der Waals surface area contributed by atoms with E-state index in [0.717, 1.165) is 48.5 Å². The standard InChI is InChI=1S/7C2H4O2.In.Sn/c7*1-2(3)4;;/h7*1H3,(H,3,4);;/q;;;;;;;+3;+4/p-7. The molecule has 0 heterocycles. The van der Waals surface area contributed by atoms with Gasteiger partial charge in [0.1, 0.15) is 0 Å². The SMILES string of the molecule is CC(=O)[O-].CC(=O)[O-].CC(=O)[O-].CC(=O)[O-].CC(=O)[O-].CC(=O)[O-].CC(=O)[O-].[In+3].[Sn+4]. The van der Waals surface area contributed by atoms with Gasteiger partial charge in [0.25, 0.3) is 0 Å². The van der Waals surface area contributed by atoms with Gasteiger partial charge in [-0.15, -0.1) is 0 Å². The van der Waals surface area contributed by atoms with Crippen molar-refractivity contribution in [3.8, 4) is 0 Å². The fourth-order valence-electron chi connectivity index (χ4n) is 0. The maximum atomic E-state index is 8.89. The Balaban J connectivity index is -0.0000000242. The zero-order chi connectivity index (χ0) is 25.0. The normalized spacial score (nSPS) is 5.83. The number of carboxylic acid groups (broad SMARTS) is 7. The van der Waals surface area contributed by atoms with Gasteiger partial charge in [0, 0.05) is 41.8 Å². The Hall–Kier alpha value is -2.04. The molecule has 0 fully saturated rings. The van der Waals surface area contributed by atoms with E-state index >= 15 is 0 Å². The fourth-order valence-corrected chi connectivity index (χ4v) is 0. The average Bonchev–Trinajstić information content (AvgIpc) is 2.20. The summed E-state index contributed by atoms with van der Waals surface area (Å²) >= 11 is 0. The Bertz CT molecular complexity index is 320. The van der Waals surface area contributed by atoms with Gasteiger partial charge in [-0.2, -0.15) is 0 Å². The molecule has 0 radical (unpaired) electrons. The molecule has 0 unspecified atom stereocenters. The monoisotopic (exact) mass is 648 g/mol. The molecular formula is C14H21InO14Sn. The predicted octanol–water partition coefficient (Wildman–Crippen LogP) is -9.47. The second-order valence-corrected chi connectivity index (χ2v) is 3.44. The Morgan fingerprint density at radius 3 is 0.333 bits per heavy atom. The maximum absolute atomic E-state index is 8.89. The van der Waals surface area contributed by atoms with Crippen molar-refractivity contribution < 1.29 is 69.3 Å². The van der Waals surface area contributed by atoms with E-state index in [2.05, 4.69) is 0 Å². The number of carbonyl (C=O) groups is 7. The van der Waals surface area contributed by atoms with E-state index in [1.165, 1.54) is 0 Å². The van der Waals surface area contributed by atoms with E-state index in [1.807, 2.05) is 0 Å². The van der Waals surface area contributed by atoms with Crippen molar-refractivity contribution in [1.29, 1.82) is 0 Å². The van der Waals surface area contributed by atoms with Crippen LogP contribution in [-0.4, -0.2) is 91.5 Å². The van der Waals surface area contributed by atoms with Crippen molar-refractivity contribution in [2.45, 2.75) is 48.5 Å². The molecule has 0 saturated carbocycles. The number of carboxylic acids is 7. The number of aliphatic carboxylic acids is 7. The van der Waals surface area contributed by atoms with Crippen LogP contribution < -0.4 is 35.7 Å². The van der Waals surface area contributed by atoms with Crippen LogP contribution in [0.3, 0.4) is 0 Å². The van der Waals surface area contributed by atoms with Crippen LogP contribution in [0, 0.1) is 0 Å². The van der Waals surface area contributed by atoms with Crippen molar-refractivity contribution in [2.75, 3.05) is 0 Å². The van der Waals surface area contributed by atoms with Crippen LogP contribution in [0.2, 0.25) is 0 Å². The molecule has 0 N–H and O–H groups in total. The van der Waals surface area contributed by atoms with Crippen LogP contribution in [0.4, 0.5) is 0 Å². The third kappa shape index (κ3) is 3880. The van der Waals surface area contributed by atoms with Gasteiger partial charge < -0.3 is 69.3 Å². The topological polar surface area (TPSA) is 281 Å².